The van der Waals surface area contributed by atoms with E-state index >= 15 is 0 Å². The van der Waals surface area contributed by atoms with Crippen molar-refractivity contribution in [1.29, 1.82) is 0 Å². The quantitative estimate of drug-likeness (QED) is 0.824. The summed E-state index contributed by atoms with van der Waals surface area (Å²) in [5.74, 6) is 0.148. The first-order chi connectivity index (χ1) is 8.20. The minimum Gasteiger partial charge on any atom is -0.364 e. The van der Waals surface area contributed by atoms with E-state index in [9.17, 15) is 4.79 Å². The molecule has 0 atom stereocenters. The lowest BCUT2D eigenvalue weighted by Gasteiger charge is -2.33. The number of amides is 1. The molecule has 1 saturated carbocycles. The number of nitrogens with two attached hydrogens (primary N) is 1. The van der Waals surface area contributed by atoms with E-state index in [0.717, 1.165) is 13.1 Å². The standard InChI is InChI=1S/C12H16N4O/c13-10(17)9-11(15-6-5-14-9)16-7-3-12(1-2-12)4-8-16/h5-6H,1-4,7-8H2,(H2,13,17). The third-order valence-electron chi connectivity index (χ3n) is 3.99. The number of nitrogens with zero attached hydrogens (tertiary/aromatic N) is 3. The van der Waals surface area contributed by atoms with Crippen molar-refractivity contribution in [1.82, 2.24) is 9.97 Å². The van der Waals surface area contributed by atoms with Crippen molar-refractivity contribution in [2.24, 2.45) is 11.1 Å². The molecule has 1 aliphatic carbocycles. The number of anilines is 1. The molecule has 2 fully saturated rings. The maximum atomic E-state index is 11.3. The number of carbonyl (C=O) groups is 1. The molecule has 3 rings (SSSR count). The molecule has 17 heavy (non-hydrogen) atoms. The van der Waals surface area contributed by atoms with Crippen molar-refractivity contribution in [3.8, 4) is 0 Å². The van der Waals surface area contributed by atoms with Gasteiger partial charge in [0.05, 0.1) is 0 Å². The van der Waals surface area contributed by atoms with Crippen LogP contribution in [0.1, 0.15) is 36.2 Å². The van der Waals surface area contributed by atoms with Crippen LogP contribution in [0.4, 0.5) is 5.82 Å². The largest absolute Gasteiger partial charge is 0.364 e. The zero-order valence-corrected chi connectivity index (χ0v) is 9.72. The molecule has 1 saturated heterocycles. The summed E-state index contributed by atoms with van der Waals surface area (Å²) in [5, 5.41) is 0. The number of piperidine rings is 1. The maximum absolute atomic E-state index is 11.3. The van der Waals surface area contributed by atoms with Crippen LogP contribution < -0.4 is 10.6 Å². The molecule has 0 radical (unpaired) electrons. The topological polar surface area (TPSA) is 72.1 Å². The Morgan fingerprint density at radius 2 is 1.82 bits per heavy atom. The molecule has 1 aromatic heterocycles. The van der Waals surface area contributed by atoms with Crippen molar-refractivity contribution in [2.75, 3.05) is 18.0 Å². The second-order valence-corrected chi connectivity index (χ2v) is 5.08. The Balaban J connectivity index is 1.82. The summed E-state index contributed by atoms with van der Waals surface area (Å²) in [7, 11) is 0. The third-order valence-corrected chi connectivity index (χ3v) is 3.99. The highest BCUT2D eigenvalue weighted by atomic mass is 16.1. The first-order valence-corrected chi connectivity index (χ1v) is 6.06. The average Bonchev–Trinajstić information content (AvgIpc) is 3.10. The Bertz CT molecular complexity index is 446. The third kappa shape index (κ3) is 1.85. The molecule has 0 bridgehead atoms. The van der Waals surface area contributed by atoms with Gasteiger partial charge in [0.15, 0.2) is 11.5 Å². The number of rotatable bonds is 2. The molecule has 1 aromatic rings. The molecular formula is C12H16N4O. The fourth-order valence-corrected chi connectivity index (χ4v) is 2.61. The van der Waals surface area contributed by atoms with E-state index < -0.39 is 5.91 Å². The van der Waals surface area contributed by atoms with Gasteiger partial charge in [0.1, 0.15) is 0 Å². The van der Waals surface area contributed by atoms with Gasteiger partial charge in [-0.05, 0) is 31.1 Å². The second-order valence-electron chi connectivity index (χ2n) is 5.08. The van der Waals surface area contributed by atoms with Crippen LogP contribution in [-0.4, -0.2) is 29.0 Å². The van der Waals surface area contributed by atoms with Gasteiger partial charge in [-0.25, -0.2) is 9.97 Å². The summed E-state index contributed by atoms with van der Waals surface area (Å²) < 4.78 is 0. The summed E-state index contributed by atoms with van der Waals surface area (Å²) in [4.78, 5) is 21.7. The van der Waals surface area contributed by atoms with Gasteiger partial charge in [-0.3, -0.25) is 4.79 Å². The zero-order valence-electron chi connectivity index (χ0n) is 9.72. The van der Waals surface area contributed by atoms with E-state index in [4.69, 9.17) is 5.73 Å². The molecule has 1 amide bonds. The minimum atomic E-state index is -0.500. The van der Waals surface area contributed by atoms with Gasteiger partial charge in [-0.2, -0.15) is 0 Å². The molecule has 2 N–H and O–H groups in total. The van der Waals surface area contributed by atoms with E-state index in [1.165, 1.54) is 31.9 Å². The number of hydrogen-bond acceptors (Lipinski definition) is 4. The monoisotopic (exact) mass is 232 g/mol. The highest BCUT2D eigenvalue weighted by Gasteiger charge is 2.44. The van der Waals surface area contributed by atoms with E-state index in [2.05, 4.69) is 14.9 Å². The van der Waals surface area contributed by atoms with Crippen molar-refractivity contribution in [3.63, 3.8) is 0 Å². The molecule has 0 aromatic carbocycles. The van der Waals surface area contributed by atoms with Gasteiger partial charge in [0, 0.05) is 25.5 Å². The van der Waals surface area contributed by atoms with Gasteiger partial charge >= 0.3 is 0 Å². The van der Waals surface area contributed by atoms with Crippen molar-refractivity contribution >= 4 is 11.7 Å². The van der Waals surface area contributed by atoms with Crippen LogP contribution in [0.5, 0.6) is 0 Å². The average molecular weight is 232 g/mol. The molecule has 2 heterocycles. The normalized spacial score (nSPS) is 21.5. The van der Waals surface area contributed by atoms with Gasteiger partial charge in [-0.1, -0.05) is 0 Å². The lowest BCUT2D eigenvalue weighted by atomic mass is 9.94. The van der Waals surface area contributed by atoms with Crippen LogP contribution in [0.2, 0.25) is 0 Å². The van der Waals surface area contributed by atoms with Gasteiger partial charge < -0.3 is 10.6 Å². The van der Waals surface area contributed by atoms with Crippen LogP contribution in [0.15, 0.2) is 12.4 Å². The number of aromatic nitrogens is 2. The molecule has 5 nitrogen and oxygen atoms in total. The second kappa shape index (κ2) is 3.68. The molecule has 1 aliphatic heterocycles. The van der Waals surface area contributed by atoms with E-state index in [-0.39, 0.29) is 0 Å². The van der Waals surface area contributed by atoms with Gasteiger partial charge in [0.25, 0.3) is 5.91 Å². The molecule has 90 valence electrons. The summed E-state index contributed by atoms with van der Waals surface area (Å²) >= 11 is 0. The Labute approximate surface area is 100 Å². The number of primary amides is 1. The first kappa shape index (κ1) is 10.5. The van der Waals surface area contributed by atoms with Crippen LogP contribution in [0.25, 0.3) is 0 Å². The molecule has 1 spiro atoms. The summed E-state index contributed by atoms with van der Waals surface area (Å²) in [6, 6.07) is 0. The zero-order chi connectivity index (χ0) is 11.9. The fourth-order valence-electron chi connectivity index (χ4n) is 2.61. The predicted octanol–water partition coefficient (Wildman–Crippen LogP) is 0.956. The van der Waals surface area contributed by atoms with E-state index in [1.807, 2.05) is 0 Å². The number of hydrogen-bond donors (Lipinski definition) is 1. The lowest BCUT2D eigenvalue weighted by molar-refractivity contribution is 0.0995. The van der Waals surface area contributed by atoms with Crippen molar-refractivity contribution in [2.45, 2.75) is 25.7 Å². The van der Waals surface area contributed by atoms with Crippen molar-refractivity contribution in [3.05, 3.63) is 18.1 Å². The number of carbonyl (C=O) groups excluding carboxylic acids is 1. The highest BCUT2D eigenvalue weighted by Crippen LogP contribution is 2.53. The first-order valence-electron chi connectivity index (χ1n) is 6.06. The Morgan fingerprint density at radius 1 is 1.18 bits per heavy atom. The molecule has 2 aliphatic rings. The lowest BCUT2D eigenvalue weighted by Crippen LogP contribution is -2.36. The van der Waals surface area contributed by atoms with Crippen molar-refractivity contribution < 1.29 is 4.79 Å². The molecule has 5 heteroatoms. The summed E-state index contributed by atoms with van der Waals surface area (Å²) in [5.41, 5.74) is 6.23. The van der Waals surface area contributed by atoms with Crippen LogP contribution in [-0.2, 0) is 0 Å². The Kier molecular flexibility index (Phi) is 2.28. The van der Waals surface area contributed by atoms with Gasteiger partial charge in [-0.15, -0.1) is 0 Å². The molecular weight excluding hydrogens is 216 g/mol. The fraction of sp³-hybridized carbons (Fsp3) is 0.583. The summed E-state index contributed by atoms with van der Waals surface area (Å²) in [6.07, 6.45) is 8.25. The van der Waals surface area contributed by atoms with Crippen LogP contribution >= 0.6 is 0 Å². The minimum absolute atomic E-state index is 0.291. The Hall–Kier alpha value is -1.65. The van der Waals surface area contributed by atoms with E-state index in [1.54, 1.807) is 6.20 Å². The predicted molar refractivity (Wildman–Crippen MR) is 63.7 cm³/mol. The Morgan fingerprint density at radius 3 is 2.41 bits per heavy atom. The maximum Gasteiger partial charge on any atom is 0.271 e. The van der Waals surface area contributed by atoms with Crippen LogP contribution in [0.3, 0.4) is 0 Å². The SMILES string of the molecule is NC(=O)c1nccnc1N1CCC2(CC1)CC2. The smallest absolute Gasteiger partial charge is 0.271 e. The van der Waals surface area contributed by atoms with Crippen LogP contribution in [0, 0.1) is 5.41 Å². The highest BCUT2D eigenvalue weighted by molar-refractivity contribution is 5.95. The van der Waals surface area contributed by atoms with E-state index in [0.29, 0.717) is 16.9 Å². The molecule has 0 unspecified atom stereocenters. The summed E-state index contributed by atoms with van der Waals surface area (Å²) in [6.45, 7) is 1.91. The van der Waals surface area contributed by atoms with Gasteiger partial charge in [0.2, 0.25) is 0 Å².